The molecule has 0 fully saturated rings. The summed E-state index contributed by atoms with van der Waals surface area (Å²) in [6, 6.07) is 11.1. The highest BCUT2D eigenvalue weighted by Crippen LogP contribution is 2.30. The molecule has 32 heavy (non-hydrogen) atoms. The number of anilines is 2. The van der Waals surface area contributed by atoms with Crippen LogP contribution in [0.2, 0.25) is 0 Å². The van der Waals surface area contributed by atoms with Crippen molar-refractivity contribution in [1.29, 1.82) is 0 Å². The third kappa shape index (κ3) is 4.68. The number of benzene rings is 3. The van der Waals surface area contributed by atoms with Crippen LogP contribution in [0, 0.1) is 28.7 Å². The Kier molecular flexibility index (Phi) is 6.14. The number of para-hydroxylation sites is 2. The van der Waals surface area contributed by atoms with Gasteiger partial charge in [-0.15, -0.1) is 0 Å². The van der Waals surface area contributed by atoms with E-state index >= 15 is 0 Å². The lowest BCUT2D eigenvalue weighted by Crippen LogP contribution is -2.18. The molecule has 0 aliphatic heterocycles. The van der Waals surface area contributed by atoms with Gasteiger partial charge < -0.3 is 0 Å². The fourth-order valence-electron chi connectivity index (χ4n) is 2.80. The minimum atomic E-state index is -4.66. The summed E-state index contributed by atoms with van der Waals surface area (Å²) in [5.41, 5.74) is -1.61. The smallest absolute Gasteiger partial charge is 0.279 e. The number of sulfonamides is 2. The van der Waals surface area contributed by atoms with Crippen LogP contribution in [0.1, 0.15) is 5.56 Å². The van der Waals surface area contributed by atoms with E-state index in [-0.39, 0.29) is 21.8 Å². The lowest BCUT2D eigenvalue weighted by Gasteiger charge is -2.14. The number of aryl methyl sites for hydroxylation is 1. The van der Waals surface area contributed by atoms with Crippen molar-refractivity contribution in [3.05, 3.63) is 88.0 Å². The molecule has 0 spiro atoms. The molecule has 0 atom stereocenters. The second-order valence-corrected chi connectivity index (χ2v) is 9.82. The maximum atomic E-state index is 13.9. The Hall–Kier alpha value is -3.58. The van der Waals surface area contributed by atoms with Gasteiger partial charge in [0.25, 0.3) is 20.0 Å². The highest BCUT2D eigenvalue weighted by Gasteiger charge is 2.30. The summed E-state index contributed by atoms with van der Waals surface area (Å²) < 4.78 is 82.6. The molecule has 3 aromatic rings. The molecule has 9 nitrogen and oxygen atoms in total. The molecule has 0 radical (unpaired) electrons. The van der Waals surface area contributed by atoms with Crippen LogP contribution in [0.15, 0.2) is 70.5 Å². The number of rotatable bonds is 7. The summed E-state index contributed by atoms with van der Waals surface area (Å²) in [7, 11) is -8.99. The van der Waals surface area contributed by atoms with Gasteiger partial charge in [-0.1, -0.05) is 24.3 Å². The number of nitro benzene ring substituents is 1. The van der Waals surface area contributed by atoms with Gasteiger partial charge in [0.05, 0.1) is 21.2 Å². The Balaban J connectivity index is 2.00. The summed E-state index contributed by atoms with van der Waals surface area (Å²) in [4.78, 5) is 8.66. The van der Waals surface area contributed by atoms with E-state index in [0.29, 0.717) is 0 Å². The first-order chi connectivity index (χ1) is 14.9. The van der Waals surface area contributed by atoms with Crippen LogP contribution in [0.3, 0.4) is 0 Å². The van der Waals surface area contributed by atoms with Crippen molar-refractivity contribution in [2.75, 3.05) is 9.44 Å². The predicted octanol–water partition coefficient (Wildman–Crippen LogP) is 3.78. The molecule has 0 aliphatic carbocycles. The Labute approximate surface area is 182 Å². The Morgan fingerprint density at radius 3 is 2.09 bits per heavy atom. The van der Waals surface area contributed by atoms with E-state index in [1.54, 1.807) is 0 Å². The van der Waals surface area contributed by atoms with Crippen molar-refractivity contribution in [3.8, 4) is 0 Å². The van der Waals surface area contributed by atoms with Crippen LogP contribution in [-0.2, 0) is 20.0 Å². The molecule has 0 saturated carbocycles. The van der Waals surface area contributed by atoms with Crippen LogP contribution in [0.4, 0.5) is 25.8 Å². The number of nitro groups is 1. The largest absolute Gasteiger partial charge is 0.325 e. The molecule has 168 valence electrons. The molecular formula is C19H15F2N3O6S2. The molecular weight excluding hydrogens is 468 g/mol. The third-order valence-corrected chi connectivity index (χ3v) is 7.19. The van der Waals surface area contributed by atoms with Crippen molar-refractivity contribution in [2.24, 2.45) is 0 Å². The predicted molar refractivity (Wildman–Crippen MR) is 112 cm³/mol. The van der Waals surface area contributed by atoms with E-state index in [2.05, 4.69) is 4.72 Å². The molecule has 0 aromatic heterocycles. The maximum absolute atomic E-state index is 13.9. The topological polar surface area (TPSA) is 135 Å². The lowest BCUT2D eigenvalue weighted by molar-refractivity contribution is -0.390. The molecule has 0 amide bonds. The van der Waals surface area contributed by atoms with Gasteiger partial charge in [0, 0.05) is 0 Å². The summed E-state index contributed by atoms with van der Waals surface area (Å²) in [5, 5.41) is 11.1. The normalized spacial score (nSPS) is 11.7. The molecule has 0 unspecified atom stereocenters. The zero-order valence-corrected chi connectivity index (χ0v) is 17.9. The van der Waals surface area contributed by atoms with E-state index in [9.17, 15) is 35.7 Å². The quantitative estimate of drug-likeness (QED) is 0.388. The SMILES string of the molecule is Cc1ccc(NS(=O)(=O)c2cccc(F)c2[N+](=O)[O-])cc1S(=O)(=O)Nc1ccccc1F. The average Bonchev–Trinajstić information content (AvgIpc) is 2.70. The fraction of sp³-hybridized carbons (Fsp3) is 0.0526. The van der Waals surface area contributed by atoms with Crippen LogP contribution in [0.25, 0.3) is 0 Å². The first kappa shape index (κ1) is 23.1. The zero-order chi connectivity index (χ0) is 23.7. The van der Waals surface area contributed by atoms with Crippen molar-refractivity contribution >= 4 is 37.1 Å². The number of nitrogens with zero attached hydrogens (tertiary/aromatic N) is 1. The van der Waals surface area contributed by atoms with Crippen LogP contribution in [-0.4, -0.2) is 21.8 Å². The first-order valence-corrected chi connectivity index (χ1v) is 11.7. The number of halogens is 2. The second kappa shape index (κ2) is 8.51. The van der Waals surface area contributed by atoms with Crippen molar-refractivity contribution in [1.82, 2.24) is 0 Å². The summed E-state index contributed by atoms with van der Waals surface area (Å²) >= 11 is 0. The van der Waals surface area contributed by atoms with E-state index in [1.165, 1.54) is 37.3 Å². The second-order valence-electron chi connectivity index (χ2n) is 6.51. The van der Waals surface area contributed by atoms with Crippen LogP contribution >= 0.6 is 0 Å². The maximum Gasteiger partial charge on any atom is 0.325 e. The van der Waals surface area contributed by atoms with Crippen LogP contribution < -0.4 is 9.44 Å². The standard InChI is InChI=1S/C19H15F2N3O6S2/c1-12-9-10-13(11-18(12)32(29,30)23-16-7-3-2-5-14(16)20)22-31(27,28)17-8-4-6-15(21)19(17)24(25)26/h2-11,22-23H,1H3. The molecule has 2 N–H and O–H groups in total. The highest BCUT2D eigenvalue weighted by molar-refractivity contribution is 7.93. The van der Waals surface area contributed by atoms with Crippen molar-refractivity contribution < 1.29 is 30.5 Å². The average molecular weight is 483 g/mol. The summed E-state index contributed by atoms with van der Waals surface area (Å²) in [6.45, 7) is 1.44. The zero-order valence-electron chi connectivity index (χ0n) is 16.2. The number of nitrogens with one attached hydrogen (secondary N) is 2. The fourth-order valence-corrected chi connectivity index (χ4v) is 5.37. The molecule has 3 rings (SSSR count). The Morgan fingerprint density at radius 1 is 0.812 bits per heavy atom. The van der Waals surface area contributed by atoms with Gasteiger partial charge in [0.2, 0.25) is 5.82 Å². The van der Waals surface area contributed by atoms with E-state index in [4.69, 9.17) is 0 Å². The molecule has 0 bridgehead atoms. The van der Waals surface area contributed by atoms with Gasteiger partial charge in [-0.05, 0) is 48.9 Å². The summed E-state index contributed by atoms with van der Waals surface area (Å²) in [6.07, 6.45) is 0. The van der Waals surface area contributed by atoms with Gasteiger partial charge in [-0.3, -0.25) is 19.6 Å². The van der Waals surface area contributed by atoms with E-state index in [1.807, 2.05) is 4.72 Å². The molecule has 13 heteroatoms. The molecule has 0 aliphatic rings. The number of hydrogen-bond acceptors (Lipinski definition) is 6. The van der Waals surface area contributed by atoms with Crippen LogP contribution in [0.5, 0.6) is 0 Å². The first-order valence-electron chi connectivity index (χ1n) is 8.76. The highest BCUT2D eigenvalue weighted by atomic mass is 32.2. The van der Waals surface area contributed by atoms with Crippen molar-refractivity contribution in [3.63, 3.8) is 0 Å². The molecule has 0 saturated heterocycles. The molecule has 0 heterocycles. The lowest BCUT2D eigenvalue weighted by atomic mass is 10.2. The minimum absolute atomic E-state index is 0.216. The molecule has 3 aromatic carbocycles. The Bertz CT molecular complexity index is 1430. The van der Waals surface area contributed by atoms with Gasteiger partial charge in [-0.2, -0.15) is 4.39 Å². The van der Waals surface area contributed by atoms with Gasteiger partial charge in [0.1, 0.15) is 5.82 Å². The monoisotopic (exact) mass is 483 g/mol. The van der Waals surface area contributed by atoms with Gasteiger partial charge >= 0.3 is 5.69 Å². The van der Waals surface area contributed by atoms with Crippen molar-refractivity contribution in [2.45, 2.75) is 16.7 Å². The van der Waals surface area contributed by atoms with Gasteiger partial charge in [0.15, 0.2) is 4.90 Å². The number of hydrogen-bond donors (Lipinski definition) is 2. The van der Waals surface area contributed by atoms with Gasteiger partial charge in [-0.25, -0.2) is 21.2 Å². The third-order valence-electron chi connectivity index (χ3n) is 4.27. The summed E-state index contributed by atoms with van der Waals surface area (Å²) in [5.74, 6) is -2.16. The Morgan fingerprint density at radius 2 is 1.44 bits per heavy atom. The van der Waals surface area contributed by atoms with E-state index < -0.39 is 47.2 Å². The van der Waals surface area contributed by atoms with E-state index in [0.717, 1.165) is 30.3 Å². The minimum Gasteiger partial charge on any atom is -0.279 e.